The minimum atomic E-state index is 0.204. The fraction of sp³-hybridized carbons (Fsp3) is 0.929. The van der Waals surface area contributed by atoms with Crippen LogP contribution in [0.3, 0.4) is 0 Å². The summed E-state index contributed by atoms with van der Waals surface area (Å²) < 4.78 is 0. The van der Waals surface area contributed by atoms with Crippen molar-refractivity contribution in [1.29, 1.82) is 0 Å². The Labute approximate surface area is 106 Å². The third kappa shape index (κ3) is 6.06. The van der Waals surface area contributed by atoms with Crippen molar-refractivity contribution >= 4 is 5.91 Å². The van der Waals surface area contributed by atoms with Crippen LogP contribution in [0.15, 0.2) is 0 Å². The Kier molecular flexibility index (Phi) is 5.44. The van der Waals surface area contributed by atoms with E-state index in [1.807, 2.05) is 6.92 Å². The van der Waals surface area contributed by atoms with Crippen LogP contribution in [0.1, 0.15) is 65.7 Å². The average Bonchev–Trinajstić information content (AvgIpc) is 2.21. The summed E-state index contributed by atoms with van der Waals surface area (Å²) in [6, 6.07) is 0.615. The number of amides is 1. The third-order valence-corrected chi connectivity index (χ3v) is 3.77. The summed E-state index contributed by atoms with van der Waals surface area (Å²) in [6.07, 6.45) is 7.17. The van der Waals surface area contributed by atoms with Crippen molar-refractivity contribution in [2.24, 2.45) is 11.1 Å². The van der Waals surface area contributed by atoms with E-state index in [0.29, 0.717) is 17.9 Å². The van der Waals surface area contributed by atoms with Gasteiger partial charge in [0.05, 0.1) is 0 Å². The van der Waals surface area contributed by atoms with Crippen LogP contribution in [0.5, 0.6) is 0 Å². The van der Waals surface area contributed by atoms with Crippen molar-refractivity contribution in [3.8, 4) is 0 Å². The minimum Gasteiger partial charge on any atom is -0.353 e. The highest BCUT2D eigenvalue weighted by atomic mass is 16.1. The van der Waals surface area contributed by atoms with Crippen molar-refractivity contribution in [2.75, 3.05) is 0 Å². The molecule has 0 aromatic rings. The molecule has 0 aliphatic heterocycles. The maximum absolute atomic E-state index is 11.7. The van der Waals surface area contributed by atoms with Gasteiger partial charge in [-0.1, -0.05) is 13.8 Å². The van der Waals surface area contributed by atoms with Gasteiger partial charge < -0.3 is 11.1 Å². The summed E-state index contributed by atoms with van der Waals surface area (Å²) in [5.41, 5.74) is 6.13. The molecule has 100 valence electrons. The first-order valence-corrected chi connectivity index (χ1v) is 6.94. The van der Waals surface area contributed by atoms with Crippen LogP contribution in [0, 0.1) is 5.41 Å². The van der Waals surface area contributed by atoms with E-state index in [-0.39, 0.29) is 11.9 Å². The number of carbonyl (C=O) groups excluding carboxylic acids is 1. The van der Waals surface area contributed by atoms with Crippen molar-refractivity contribution in [3.63, 3.8) is 0 Å². The number of nitrogens with one attached hydrogen (secondary N) is 1. The maximum Gasteiger partial charge on any atom is 0.220 e. The Bertz CT molecular complexity index is 239. The van der Waals surface area contributed by atoms with E-state index in [1.165, 1.54) is 12.8 Å². The molecule has 1 fully saturated rings. The first-order valence-electron chi connectivity index (χ1n) is 6.94. The molecule has 3 N–H and O–H groups in total. The summed E-state index contributed by atoms with van der Waals surface area (Å²) in [7, 11) is 0. The van der Waals surface area contributed by atoms with Gasteiger partial charge in [0.15, 0.2) is 0 Å². The van der Waals surface area contributed by atoms with Gasteiger partial charge in [-0.3, -0.25) is 4.79 Å². The SMILES string of the molecule is CC(N)CCCC(=O)NC1CCC(C)(C)CC1. The molecule has 0 spiro atoms. The highest BCUT2D eigenvalue weighted by Crippen LogP contribution is 2.34. The molecule has 0 aromatic carbocycles. The second kappa shape index (κ2) is 6.39. The van der Waals surface area contributed by atoms with Gasteiger partial charge in [0.25, 0.3) is 0 Å². The van der Waals surface area contributed by atoms with Gasteiger partial charge in [-0.25, -0.2) is 0 Å². The monoisotopic (exact) mass is 240 g/mol. The number of hydrogen-bond donors (Lipinski definition) is 2. The summed E-state index contributed by atoms with van der Waals surface area (Å²) in [6.45, 7) is 6.61. The molecule has 3 nitrogen and oxygen atoms in total. The fourth-order valence-electron chi connectivity index (χ4n) is 2.43. The van der Waals surface area contributed by atoms with Crippen LogP contribution in [-0.2, 0) is 4.79 Å². The summed E-state index contributed by atoms with van der Waals surface area (Å²) >= 11 is 0. The quantitative estimate of drug-likeness (QED) is 0.776. The smallest absolute Gasteiger partial charge is 0.220 e. The molecule has 1 atom stereocenters. The van der Waals surface area contributed by atoms with Gasteiger partial charge in [-0.2, -0.15) is 0 Å². The van der Waals surface area contributed by atoms with E-state index in [1.54, 1.807) is 0 Å². The van der Waals surface area contributed by atoms with Crippen LogP contribution in [0.2, 0.25) is 0 Å². The molecular weight excluding hydrogens is 212 g/mol. The highest BCUT2D eigenvalue weighted by molar-refractivity contribution is 5.76. The van der Waals surface area contributed by atoms with Crippen molar-refractivity contribution in [2.45, 2.75) is 77.8 Å². The lowest BCUT2D eigenvalue weighted by Crippen LogP contribution is -2.39. The Morgan fingerprint density at radius 3 is 2.53 bits per heavy atom. The van der Waals surface area contributed by atoms with Gasteiger partial charge in [0, 0.05) is 18.5 Å². The molecule has 0 bridgehead atoms. The molecule has 3 heteroatoms. The zero-order valence-electron chi connectivity index (χ0n) is 11.6. The topological polar surface area (TPSA) is 55.1 Å². The van der Waals surface area contributed by atoms with Crippen LogP contribution in [-0.4, -0.2) is 18.0 Å². The van der Waals surface area contributed by atoms with Crippen LogP contribution in [0.4, 0.5) is 0 Å². The molecule has 0 radical (unpaired) electrons. The summed E-state index contributed by atoms with van der Waals surface area (Å²) in [5.74, 6) is 0.204. The Balaban J connectivity index is 2.15. The number of nitrogens with two attached hydrogens (primary N) is 1. The van der Waals surface area contributed by atoms with Gasteiger partial charge in [-0.15, -0.1) is 0 Å². The first kappa shape index (κ1) is 14.5. The van der Waals surface area contributed by atoms with E-state index < -0.39 is 0 Å². The molecule has 1 saturated carbocycles. The zero-order chi connectivity index (χ0) is 12.9. The molecule has 0 heterocycles. The van der Waals surface area contributed by atoms with E-state index in [0.717, 1.165) is 25.7 Å². The molecule has 1 aliphatic rings. The van der Waals surface area contributed by atoms with Crippen LogP contribution < -0.4 is 11.1 Å². The molecule has 1 amide bonds. The molecule has 17 heavy (non-hydrogen) atoms. The predicted molar refractivity (Wildman–Crippen MR) is 71.7 cm³/mol. The minimum absolute atomic E-state index is 0.204. The molecule has 0 aromatic heterocycles. The molecule has 1 aliphatic carbocycles. The lowest BCUT2D eigenvalue weighted by atomic mass is 9.75. The second-order valence-electron chi connectivity index (χ2n) is 6.38. The van der Waals surface area contributed by atoms with Crippen molar-refractivity contribution in [3.05, 3.63) is 0 Å². The van der Waals surface area contributed by atoms with Crippen LogP contribution in [0.25, 0.3) is 0 Å². The predicted octanol–water partition coefficient (Wildman–Crippen LogP) is 2.59. The number of hydrogen-bond acceptors (Lipinski definition) is 2. The second-order valence-corrected chi connectivity index (χ2v) is 6.38. The van der Waals surface area contributed by atoms with Gasteiger partial charge in [0.2, 0.25) is 5.91 Å². The van der Waals surface area contributed by atoms with Gasteiger partial charge >= 0.3 is 0 Å². The van der Waals surface area contributed by atoms with Crippen molar-refractivity contribution < 1.29 is 4.79 Å². The Morgan fingerprint density at radius 2 is 2.00 bits per heavy atom. The highest BCUT2D eigenvalue weighted by Gasteiger charge is 2.27. The maximum atomic E-state index is 11.7. The number of rotatable bonds is 5. The summed E-state index contributed by atoms with van der Waals surface area (Å²) in [5, 5.41) is 3.15. The standard InChI is InChI=1S/C14H28N2O/c1-11(15)5-4-6-13(17)16-12-7-9-14(2,3)10-8-12/h11-12H,4-10,15H2,1-3H3,(H,16,17). The Hall–Kier alpha value is -0.570. The third-order valence-electron chi connectivity index (χ3n) is 3.77. The lowest BCUT2D eigenvalue weighted by molar-refractivity contribution is -0.122. The van der Waals surface area contributed by atoms with Crippen molar-refractivity contribution in [1.82, 2.24) is 5.32 Å². The molecular formula is C14H28N2O. The molecule has 1 rings (SSSR count). The largest absolute Gasteiger partial charge is 0.353 e. The molecule has 0 saturated heterocycles. The van der Waals surface area contributed by atoms with Crippen LogP contribution >= 0.6 is 0 Å². The van der Waals surface area contributed by atoms with Gasteiger partial charge in [0.1, 0.15) is 0 Å². The van der Waals surface area contributed by atoms with E-state index in [9.17, 15) is 4.79 Å². The first-order chi connectivity index (χ1) is 7.89. The fourth-order valence-corrected chi connectivity index (χ4v) is 2.43. The Morgan fingerprint density at radius 1 is 1.41 bits per heavy atom. The van der Waals surface area contributed by atoms with E-state index in [4.69, 9.17) is 5.73 Å². The average molecular weight is 240 g/mol. The zero-order valence-corrected chi connectivity index (χ0v) is 11.6. The summed E-state index contributed by atoms with van der Waals surface area (Å²) in [4.78, 5) is 11.7. The lowest BCUT2D eigenvalue weighted by Gasteiger charge is -2.34. The molecule has 1 unspecified atom stereocenters. The van der Waals surface area contributed by atoms with Gasteiger partial charge in [-0.05, 0) is 50.9 Å². The van der Waals surface area contributed by atoms with E-state index in [2.05, 4.69) is 19.2 Å². The normalized spacial score (nSPS) is 22.1. The number of carbonyl (C=O) groups is 1. The van der Waals surface area contributed by atoms with E-state index >= 15 is 0 Å².